The van der Waals surface area contributed by atoms with E-state index in [9.17, 15) is 4.79 Å². The van der Waals surface area contributed by atoms with Crippen molar-refractivity contribution in [1.82, 2.24) is 14.8 Å². The number of hydrogen-bond acceptors (Lipinski definition) is 6. The molecular weight excluding hydrogens is 388 g/mol. The van der Waals surface area contributed by atoms with Crippen LogP contribution < -0.4 is 14.8 Å². The lowest BCUT2D eigenvalue weighted by molar-refractivity contribution is -0.118. The van der Waals surface area contributed by atoms with Gasteiger partial charge in [0, 0.05) is 6.07 Å². The number of aryl methyl sites for hydroxylation is 2. The molecule has 1 amide bonds. The van der Waals surface area contributed by atoms with Gasteiger partial charge in [-0.2, -0.15) is 9.78 Å². The number of aromatic nitrogens is 3. The summed E-state index contributed by atoms with van der Waals surface area (Å²) in [5, 5.41) is 8.00. The largest absolute Gasteiger partial charge is 0.497 e. The summed E-state index contributed by atoms with van der Waals surface area (Å²) in [6.45, 7) is 3.77. The molecule has 0 radical (unpaired) electrons. The minimum Gasteiger partial charge on any atom is -0.497 e. The van der Waals surface area contributed by atoms with Crippen LogP contribution in [-0.4, -0.2) is 34.4 Å². The van der Waals surface area contributed by atoms with E-state index in [2.05, 4.69) is 15.4 Å². The molecule has 4 rings (SSSR count). The number of thiazole rings is 1. The van der Waals surface area contributed by atoms with Crippen LogP contribution in [0.15, 0.2) is 48.5 Å². The Labute approximate surface area is 171 Å². The smallest absolute Gasteiger partial charge is 0.263 e. The Morgan fingerprint density at radius 1 is 1.10 bits per heavy atom. The second kappa shape index (κ2) is 7.92. The Morgan fingerprint density at radius 3 is 2.62 bits per heavy atom. The fourth-order valence-corrected chi connectivity index (χ4v) is 3.77. The summed E-state index contributed by atoms with van der Waals surface area (Å²) in [4.78, 5) is 17.0. The summed E-state index contributed by atoms with van der Waals surface area (Å²) in [6, 6.07) is 15.1. The molecule has 2 heterocycles. The van der Waals surface area contributed by atoms with Gasteiger partial charge in [0.05, 0.1) is 23.0 Å². The molecule has 0 aliphatic heterocycles. The van der Waals surface area contributed by atoms with E-state index in [0.717, 1.165) is 27.2 Å². The molecule has 0 unspecified atom stereocenters. The second-order valence-corrected chi connectivity index (χ2v) is 7.57. The maximum Gasteiger partial charge on any atom is 0.263 e. The summed E-state index contributed by atoms with van der Waals surface area (Å²) in [7, 11) is 1.63. The third-order valence-corrected chi connectivity index (χ3v) is 5.25. The number of amides is 1. The van der Waals surface area contributed by atoms with E-state index in [1.54, 1.807) is 17.9 Å². The first-order valence-electron chi connectivity index (χ1n) is 9.03. The van der Waals surface area contributed by atoms with Gasteiger partial charge < -0.3 is 14.8 Å². The van der Waals surface area contributed by atoms with Gasteiger partial charge in [-0.05, 0) is 44.2 Å². The van der Waals surface area contributed by atoms with Crippen molar-refractivity contribution in [2.75, 3.05) is 19.0 Å². The quantitative estimate of drug-likeness (QED) is 0.519. The van der Waals surface area contributed by atoms with E-state index in [1.807, 2.05) is 56.3 Å². The van der Waals surface area contributed by atoms with E-state index >= 15 is 0 Å². The number of benzene rings is 2. The number of carbonyl (C=O) groups excluding carboxylic acids is 1. The Bertz CT molecular complexity index is 1160. The van der Waals surface area contributed by atoms with Gasteiger partial charge in [-0.1, -0.05) is 29.0 Å². The van der Waals surface area contributed by atoms with E-state index in [-0.39, 0.29) is 12.5 Å². The molecule has 0 saturated heterocycles. The SMILES string of the molecule is COc1ccc2nc(-n3nc(C)cc3NC(=O)COc3ccc(C)cc3)sc2c1. The topological polar surface area (TPSA) is 78.3 Å². The summed E-state index contributed by atoms with van der Waals surface area (Å²) in [5.41, 5.74) is 2.75. The van der Waals surface area contributed by atoms with Crippen LogP contribution in [0.2, 0.25) is 0 Å². The third kappa shape index (κ3) is 4.22. The highest BCUT2D eigenvalue weighted by atomic mass is 32.1. The second-order valence-electron chi connectivity index (χ2n) is 6.56. The first-order valence-corrected chi connectivity index (χ1v) is 9.84. The average Bonchev–Trinajstić information content (AvgIpc) is 3.29. The number of ether oxygens (including phenoxy) is 2. The number of hydrogen-bond donors (Lipinski definition) is 1. The Kier molecular flexibility index (Phi) is 5.18. The number of methoxy groups -OCH3 is 1. The van der Waals surface area contributed by atoms with E-state index < -0.39 is 0 Å². The van der Waals surface area contributed by atoms with Crippen molar-refractivity contribution in [2.24, 2.45) is 0 Å². The molecule has 1 N–H and O–H groups in total. The molecule has 148 valence electrons. The lowest BCUT2D eigenvalue weighted by atomic mass is 10.2. The van der Waals surface area contributed by atoms with Crippen molar-refractivity contribution in [2.45, 2.75) is 13.8 Å². The normalized spacial score (nSPS) is 10.9. The lowest BCUT2D eigenvalue weighted by Gasteiger charge is -2.08. The molecule has 0 spiro atoms. The standard InChI is InChI=1S/C21H20N4O3S/c1-13-4-6-15(7-5-13)28-12-20(26)23-19-10-14(2)24-25(19)21-22-17-9-8-16(27-3)11-18(17)29-21/h4-11H,12H2,1-3H3,(H,23,26). The maximum absolute atomic E-state index is 12.4. The average molecular weight is 408 g/mol. The molecule has 2 aromatic heterocycles. The summed E-state index contributed by atoms with van der Waals surface area (Å²) >= 11 is 1.47. The molecule has 0 fully saturated rings. The van der Waals surface area contributed by atoms with Gasteiger partial charge in [-0.15, -0.1) is 0 Å². The van der Waals surface area contributed by atoms with Gasteiger partial charge in [0.2, 0.25) is 5.13 Å². The minimum atomic E-state index is -0.269. The number of nitrogens with zero attached hydrogens (tertiary/aromatic N) is 3. The molecule has 4 aromatic rings. The van der Waals surface area contributed by atoms with Crippen LogP contribution in [0.1, 0.15) is 11.3 Å². The Hall–Kier alpha value is -3.39. The number of rotatable bonds is 6. The highest BCUT2D eigenvalue weighted by Crippen LogP contribution is 2.30. The van der Waals surface area contributed by atoms with Gasteiger partial charge in [0.15, 0.2) is 6.61 Å². The lowest BCUT2D eigenvalue weighted by Crippen LogP contribution is -2.21. The number of nitrogens with one attached hydrogen (secondary N) is 1. The number of anilines is 1. The first kappa shape index (κ1) is 18.9. The van der Waals surface area contributed by atoms with Gasteiger partial charge in [0.25, 0.3) is 5.91 Å². The van der Waals surface area contributed by atoms with Crippen molar-refractivity contribution in [3.63, 3.8) is 0 Å². The van der Waals surface area contributed by atoms with Gasteiger partial charge >= 0.3 is 0 Å². The van der Waals surface area contributed by atoms with Gasteiger partial charge in [0.1, 0.15) is 17.3 Å². The van der Waals surface area contributed by atoms with Crippen LogP contribution in [-0.2, 0) is 4.79 Å². The van der Waals surface area contributed by atoms with Gasteiger partial charge in [-0.3, -0.25) is 4.79 Å². The Balaban J connectivity index is 1.52. The maximum atomic E-state index is 12.4. The summed E-state index contributed by atoms with van der Waals surface area (Å²) in [6.07, 6.45) is 0. The van der Waals surface area contributed by atoms with E-state index in [0.29, 0.717) is 16.7 Å². The molecule has 2 aromatic carbocycles. The van der Waals surface area contributed by atoms with Crippen LogP contribution in [0.5, 0.6) is 11.5 Å². The first-order chi connectivity index (χ1) is 14.0. The zero-order chi connectivity index (χ0) is 20.4. The zero-order valence-corrected chi connectivity index (χ0v) is 17.1. The zero-order valence-electron chi connectivity index (χ0n) is 16.3. The third-order valence-electron chi connectivity index (χ3n) is 4.26. The number of carbonyl (C=O) groups is 1. The highest BCUT2D eigenvalue weighted by Gasteiger charge is 2.15. The predicted octanol–water partition coefficient (Wildman–Crippen LogP) is 4.12. The molecule has 7 nitrogen and oxygen atoms in total. The fraction of sp³-hybridized carbons (Fsp3) is 0.190. The van der Waals surface area contributed by atoms with Crippen molar-refractivity contribution >= 4 is 33.3 Å². The molecule has 8 heteroatoms. The molecule has 0 aliphatic rings. The van der Waals surface area contributed by atoms with Crippen LogP contribution in [0, 0.1) is 13.8 Å². The molecular formula is C21H20N4O3S. The van der Waals surface area contributed by atoms with Crippen molar-refractivity contribution in [3.8, 4) is 16.6 Å². The fourth-order valence-electron chi connectivity index (χ4n) is 2.81. The predicted molar refractivity (Wildman–Crippen MR) is 113 cm³/mol. The molecule has 0 atom stereocenters. The van der Waals surface area contributed by atoms with E-state index in [1.165, 1.54) is 11.3 Å². The summed E-state index contributed by atoms with van der Waals surface area (Å²) in [5.74, 6) is 1.70. The monoisotopic (exact) mass is 408 g/mol. The summed E-state index contributed by atoms with van der Waals surface area (Å²) < 4.78 is 13.4. The van der Waals surface area contributed by atoms with Crippen LogP contribution in [0.4, 0.5) is 5.82 Å². The van der Waals surface area contributed by atoms with Crippen molar-refractivity contribution in [3.05, 3.63) is 59.8 Å². The molecule has 0 aliphatic carbocycles. The van der Waals surface area contributed by atoms with Gasteiger partial charge in [-0.25, -0.2) is 4.98 Å². The van der Waals surface area contributed by atoms with Crippen molar-refractivity contribution in [1.29, 1.82) is 0 Å². The van der Waals surface area contributed by atoms with Crippen LogP contribution >= 0.6 is 11.3 Å². The van der Waals surface area contributed by atoms with E-state index in [4.69, 9.17) is 9.47 Å². The number of fused-ring (bicyclic) bond motifs is 1. The van der Waals surface area contributed by atoms with Crippen molar-refractivity contribution < 1.29 is 14.3 Å². The Morgan fingerprint density at radius 2 is 1.86 bits per heavy atom. The molecule has 29 heavy (non-hydrogen) atoms. The highest BCUT2D eigenvalue weighted by molar-refractivity contribution is 7.20. The minimum absolute atomic E-state index is 0.0929. The van der Waals surface area contributed by atoms with Crippen LogP contribution in [0.25, 0.3) is 15.3 Å². The van der Waals surface area contributed by atoms with Crippen LogP contribution in [0.3, 0.4) is 0 Å². The molecule has 0 saturated carbocycles. The molecule has 0 bridgehead atoms.